The van der Waals surface area contributed by atoms with Gasteiger partial charge in [-0.25, -0.2) is 13.4 Å². The van der Waals surface area contributed by atoms with Crippen molar-refractivity contribution in [2.75, 3.05) is 37.9 Å². The Bertz CT molecular complexity index is 1070. The van der Waals surface area contributed by atoms with Crippen molar-refractivity contribution in [2.24, 2.45) is 0 Å². The number of aromatic nitrogens is 2. The van der Waals surface area contributed by atoms with Crippen LogP contribution in [0.2, 0.25) is 5.02 Å². The standard InChI is InChI=1S/C17H19ClN4O5S2/c1-28-10-15-19-14(9-16(23)21-15)17(24)20-13-8-11(2-3-12(13)18)29(25,26)22-4-6-27-7-5-22/h2-3,8-9H,4-7,10H2,1H3,(H,20,24)(H,19,21,23). The maximum absolute atomic E-state index is 12.8. The van der Waals surface area contributed by atoms with E-state index in [1.165, 1.54) is 34.3 Å². The molecule has 1 saturated heterocycles. The predicted octanol–water partition coefficient (Wildman–Crippen LogP) is 1.56. The third-order valence-corrected chi connectivity index (χ3v) is 6.88. The Kier molecular flexibility index (Phi) is 6.96. The van der Waals surface area contributed by atoms with E-state index in [0.29, 0.717) is 24.8 Å². The summed E-state index contributed by atoms with van der Waals surface area (Å²) in [6, 6.07) is 5.14. The second kappa shape index (κ2) is 9.26. The quantitative estimate of drug-likeness (QED) is 0.673. The average molecular weight is 459 g/mol. The third kappa shape index (κ3) is 5.17. The number of H-pyrrole nitrogens is 1. The van der Waals surface area contributed by atoms with Crippen molar-refractivity contribution in [2.45, 2.75) is 10.6 Å². The summed E-state index contributed by atoms with van der Waals surface area (Å²) in [5.41, 5.74) is -0.432. The first kappa shape index (κ1) is 21.8. The third-order valence-electron chi connectivity index (χ3n) is 4.10. The van der Waals surface area contributed by atoms with Crippen LogP contribution in [0.15, 0.2) is 34.0 Å². The molecule has 2 heterocycles. The summed E-state index contributed by atoms with van der Waals surface area (Å²) in [6.07, 6.45) is 1.84. The normalized spacial score (nSPS) is 15.2. The highest BCUT2D eigenvalue weighted by atomic mass is 35.5. The van der Waals surface area contributed by atoms with Gasteiger partial charge in [-0.1, -0.05) is 11.6 Å². The number of hydrogen-bond donors (Lipinski definition) is 2. The number of halogens is 1. The first-order chi connectivity index (χ1) is 13.8. The molecule has 2 aromatic rings. The molecule has 1 aromatic heterocycles. The molecule has 0 bridgehead atoms. The van der Waals surface area contributed by atoms with Gasteiger partial charge in [0.05, 0.1) is 34.6 Å². The van der Waals surface area contributed by atoms with Crippen LogP contribution >= 0.6 is 23.4 Å². The molecule has 156 valence electrons. The average Bonchev–Trinajstić information content (AvgIpc) is 2.70. The van der Waals surface area contributed by atoms with Gasteiger partial charge in [0.15, 0.2) is 0 Å². The fourth-order valence-corrected chi connectivity index (χ4v) is 4.72. The minimum atomic E-state index is -3.75. The number of aromatic amines is 1. The van der Waals surface area contributed by atoms with Crippen molar-refractivity contribution in [1.29, 1.82) is 0 Å². The Morgan fingerprint density at radius 3 is 2.76 bits per heavy atom. The van der Waals surface area contributed by atoms with E-state index >= 15 is 0 Å². The van der Waals surface area contributed by atoms with Gasteiger partial charge >= 0.3 is 0 Å². The molecule has 0 atom stereocenters. The smallest absolute Gasteiger partial charge is 0.274 e. The van der Waals surface area contributed by atoms with Gasteiger partial charge in [-0.15, -0.1) is 0 Å². The second-order valence-electron chi connectivity index (χ2n) is 6.12. The summed E-state index contributed by atoms with van der Waals surface area (Å²) in [6.45, 7) is 1.15. The number of sulfonamides is 1. The van der Waals surface area contributed by atoms with Crippen LogP contribution in [0, 0.1) is 0 Å². The SMILES string of the molecule is CSCc1nc(C(=O)Nc2cc(S(=O)(=O)N3CCOCC3)ccc2Cl)cc(=O)[nH]1. The minimum absolute atomic E-state index is 0.000963. The molecule has 0 unspecified atom stereocenters. The number of thioether (sulfide) groups is 1. The van der Waals surface area contributed by atoms with E-state index in [-0.39, 0.29) is 34.4 Å². The number of carbonyl (C=O) groups is 1. The maximum atomic E-state index is 12.8. The zero-order chi connectivity index (χ0) is 21.0. The van der Waals surface area contributed by atoms with Gasteiger partial charge in [-0.05, 0) is 24.5 Å². The summed E-state index contributed by atoms with van der Waals surface area (Å²) in [5, 5.41) is 2.70. The molecule has 1 amide bonds. The van der Waals surface area contributed by atoms with E-state index in [9.17, 15) is 18.0 Å². The Balaban J connectivity index is 1.87. The van der Waals surface area contributed by atoms with E-state index < -0.39 is 21.5 Å². The maximum Gasteiger partial charge on any atom is 0.274 e. The Morgan fingerprint density at radius 2 is 2.07 bits per heavy atom. The number of benzene rings is 1. The zero-order valence-electron chi connectivity index (χ0n) is 15.5. The highest BCUT2D eigenvalue weighted by Gasteiger charge is 2.27. The number of ether oxygens (including phenoxy) is 1. The molecule has 3 rings (SSSR count). The number of morpholine rings is 1. The van der Waals surface area contributed by atoms with Gasteiger partial charge in [-0.2, -0.15) is 16.1 Å². The molecule has 9 nitrogen and oxygen atoms in total. The van der Waals surface area contributed by atoms with Crippen molar-refractivity contribution in [3.8, 4) is 0 Å². The number of anilines is 1. The summed E-state index contributed by atoms with van der Waals surface area (Å²) in [4.78, 5) is 31.0. The number of amides is 1. The van der Waals surface area contributed by atoms with Gasteiger partial charge in [-0.3, -0.25) is 9.59 Å². The Hall–Kier alpha value is -1.92. The number of carbonyl (C=O) groups excluding carboxylic acids is 1. The molecule has 1 aliphatic rings. The van der Waals surface area contributed by atoms with Crippen LogP contribution in [0.3, 0.4) is 0 Å². The largest absolute Gasteiger partial charge is 0.379 e. The second-order valence-corrected chi connectivity index (χ2v) is 9.33. The minimum Gasteiger partial charge on any atom is -0.379 e. The van der Waals surface area contributed by atoms with Gasteiger partial charge in [0.25, 0.3) is 11.5 Å². The molecule has 2 N–H and O–H groups in total. The van der Waals surface area contributed by atoms with Crippen LogP contribution in [-0.4, -0.2) is 61.2 Å². The summed E-state index contributed by atoms with van der Waals surface area (Å²) < 4.78 is 32.2. The predicted molar refractivity (Wildman–Crippen MR) is 111 cm³/mol. The molecule has 0 spiro atoms. The van der Waals surface area contributed by atoms with E-state index in [2.05, 4.69) is 15.3 Å². The Morgan fingerprint density at radius 1 is 1.34 bits per heavy atom. The lowest BCUT2D eigenvalue weighted by atomic mass is 10.3. The molecule has 0 saturated carbocycles. The van der Waals surface area contributed by atoms with E-state index in [1.807, 2.05) is 6.26 Å². The van der Waals surface area contributed by atoms with Crippen LogP contribution in [0.5, 0.6) is 0 Å². The zero-order valence-corrected chi connectivity index (χ0v) is 17.9. The van der Waals surface area contributed by atoms with Crippen molar-refractivity contribution in [3.63, 3.8) is 0 Å². The van der Waals surface area contributed by atoms with E-state index in [4.69, 9.17) is 16.3 Å². The lowest BCUT2D eigenvalue weighted by Crippen LogP contribution is -2.40. The van der Waals surface area contributed by atoms with Crippen molar-refractivity contribution >= 4 is 45.0 Å². The topological polar surface area (TPSA) is 121 Å². The van der Waals surface area contributed by atoms with Crippen LogP contribution in [0.1, 0.15) is 16.3 Å². The summed E-state index contributed by atoms with van der Waals surface area (Å²) in [7, 11) is -3.75. The molecule has 1 aliphatic heterocycles. The van der Waals surface area contributed by atoms with Crippen molar-refractivity contribution < 1.29 is 17.9 Å². The Labute approximate surface area is 176 Å². The van der Waals surface area contributed by atoms with Gasteiger partial charge in [0, 0.05) is 19.2 Å². The molecule has 12 heteroatoms. The highest BCUT2D eigenvalue weighted by molar-refractivity contribution is 7.97. The lowest BCUT2D eigenvalue weighted by Gasteiger charge is -2.26. The number of rotatable bonds is 6. The van der Waals surface area contributed by atoms with E-state index in [1.54, 1.807) is 0 Å². The first-order valence-electron chi connectivity index (χ1n) is 8.59. The molecular formula is C17H19ClN4O5S2. The number of nitrogens with zero attached hydrogens (tertiary/aromatic N) is 2. The van der Waals surface area contributed by atoms with Crippen LogP contribution in [0.25, 0.3) is 0 Å². The summed E-state index contributed by atoms with van der Waals surface area (Å²) in [5.74, 6) is 0.135. The van der Waals surface area contributed by atoms with Crippen LogP contribution in [0.4, 0.5) is 5.69 Å². The van der Waals surface area contributed by atoms with E-state index in [0.717, 1.165) is 6.07 Å². The fraction of sp³-hybridized carbons (Fsp3) is 0.353. The van der Waals surface area contributed by atoms with Crippen molar-refractivity contribution in [1.82, 2.24) is 14.3 Å². The highest BCUT2D eigenvalue weighted by Crippen LogP contribution is 2.27. The molecule has 0 aliphatic carbocycles. The molecule has 1 fully saturated rings. The summed E-state index contributed by atoms with van der Waals surface area (Å²) >= 11 is 7.58. The van der Waals surface area contributed by atoms with Crippen LogP contribution in [-0.2, 0) is 20.5 Å². The van der Waals surface area contributed by atoms with Crippen molar-refractivity contribution in [3.05, 3.63) is 51.2 Å². The van der Waals surface area contributed by atoms with Gasteiger partial charge < -0.3 is 15.0 Å². The molecule has 1 aromatic carbocycles. The van der Waals surface area contributed by atoms with Gasteiger partial charge in [0.1, 0.15) is 11.5 Å². The molecule has 0 radical (unpaired) electrons. The number of hydrogen-bond acceptors (Lipinski definition) is 7. The molecular weight excluding hydrogens is 440 g/mol. The molecule has 29 heavy (non-hydrogen) atoms. The van der Waals surface area contributed by atoms with Crippen LogP contribution < -0.4 is 10.9 Å². The monoisotopic (exact) mass is 458 g/mol. The lowest BCUT2D eigenvalue weighted by molar-refractivity contribution is 0.0730. The number of nitrogens with one attached hydrogen (secondary N) is 2. The fourth-order valence-electron chi connectivity index (χ4n) is 2.71. The first-order valence-corrected chi connectivity index (χ1v) is 11.8. The van der Waals surface area contributed by atoms with Gasteiger partial charge in [0.2, 0.25) is 10.0 Å².